The van der Waals surface area contributed by atoms with E-state index in [9.17, 15) is 4.79 Å². The predicted octanol–water partition coefficient (Wildman–Crippen LogP) is 2.17. The van der Waals surface area contributed by atoms with Gasteiger partial charge in [-0.2, -0.15) is 0 Å². The smallest absolute Gasteiger partial charge is 0.481 e. The van der Waals surface area contributed by atoms with Crippen LogP contribution in [0.3, 0.4) is 0 Å². The summed E-state index contributed by atoms with van der Waals surface area (Å²) >= 11 is 0. The van der Waals surface area contributed by atoms with E-state index in [1.54, 1.807) is 0 Å². The van der Waals surface area contributed by atoms with Crippen molar-refractivity contribution in [3.05, 3.63) is 29.8 Å². The van der Waals surface area contributed by atoms with E-state index in [1.807, 2.05) is 52.0 Å². The third-order valence-corrected chi connectivity index (χ3v) is 5.00. The molecule has 1 saturated heterocycles. The summed E-state index contributed by atoms with van der Waals surface area (Å²) in [6.07, 6.45) is 0.741. The SMILES string of the molecule is CC1(C)OB(c2ccc([C@H]3C[C@@H]3C(=O)O)cc2)OC1(C)C. The van der Waals surface area contributed by atoms with E-state index in [1.165, 1.54) is 0 Å². The zero-order valence-corrected chi connectivity index (χ0v) is 12.9. The van der Waals surface area contributed by atoms with Crippen LogP contribution in [0.15, 0.2) is 24.3 Å². The molecule has 21 heavy (non-hydrogen) atoms. The first-order chi connectivity index (χ1) is 9.71. The highest BCUT2D eigenvalue weighted by Crippen LogP contribution is 2.47. The maximum Gasteiger partial charge on any atom is 0.494 e. The van der Waals surface area contributed by atoms with Crippen LogP contribution in [0.5, 0.6) is 0 Å². The van der Waals surface area contributed by atoms with Crippen molar-refractivity contribution in [1.29, 1.82) is 0 Å². The van der Waals surface area contributed by atoms with E-state index in [0.29, 0.717) is 0 Å². The van der Waals surface area contributed by atoms with Gasteiger partial charge in [-0.15, -0.1) is 0 Å². The largest absolute Gasteiger partial charge is 0.494 e. The van der Waals surface area contributed by atoms with Gasteiger partial charge in [-0.05, 0) is 51.1 Å². The van der Waals surface area contributed by atoms with Crippen molar-refractivity contribution in [3.63, 3.8) is 0 Å². The average Bonchev–Trinajstić information content (AvgIpc) is 3.14. The lowest BCUT2D eigenvalue weighted by Gasteiger charge is -2.32. The number of carboxylic acid groups (broad SMARTS) is 1. The van der Waals surface area contributed by atoms with Crippen molar-refractivity contribution < 1.29 is 19.2 Å². The maximum atomic E-state index is 10.9. The van der Waals surface area contributed by atoms with Crippen LogP contribution < -0.4 is 5.46 Å². The Hall–Kier alpha value is -1.33. The van der Waals surface area contributed by atoms with Crippen molar-refractivity contribution in [3.8, 4) is 0 Å². The van der Waals surface area contributed by atoms with Gasteiger partial charge in [0.05, 0.1) is 17.1 Å². The van der Waals surface area contributed by atoms with Crippen LogP contribution in [0.1, 0.15) is 45.6 Å². The molecule has 2 fully saturated rings. The van der Waals surface area contributed by atoms with Gasteiger partial charge in [-0.1, -0.05) is 24.3 Å². The van der Waals surface area contributed by atoms with E-state index < -0.39 is 5.97 Å². The van der Waals surface area contributed by atoms with Crippen molar-refractivity contribution in [2.24, 2.45) is 5.92 Å². The highest BCUT2D eigenvalue weighted by atomic mass is 16.7. The second-order valence-corrected chi connectivity index (χ2v) is 7.04. The second-order valence-electron chi connectivity index (χ2n) is 7.04. The molecule has 1 heterocycles. The predicted molar refractivity (Wildman–Crippen MR) is 80.6 cm³/mol. The minimum Gasteiger partial charge on any atom is -0.481 e. The van der Waals surface area contributed by atoms with Crippen LogP contribution in [0, 0.1) is 5.92 Å². The summed E-state index contributed by atoms with van der Waals surface area (Å²) in [7, 11) is -0.362. The van der Waals surface area contributed by atoms with E-state index >= 15 is 0 Å². The van der Waals surface area contributed by atoms with Gasteiger partial charge in [0.25, 0.3) is 0 Å². The lowest BCUT2D eigenvalue weighted by atomic mass is 9.78. The van der Waals surface area contributed by atoms with Crippen LogP contribution >= 0.6 is 0 Å². The molecule has 0 bridgehead atoms. The normalized spacial score (nSPS) is 29.4. The van der Waals surface area contributed by atoms with Crippen LogP contribution in [0.2, 0.25) is 0 Å². The third-order valence-electron chi connectivity index (χ3n) is 5.00. The molecular formula is C16H21BO4. The summed E-state index contributed by atoms with van der Waals surface area (Å²) in [5, 5.41) is 8.99. The Labute approximate surface area is 125 Å². The Balaban J connectivity index is 1.73. The Morgan fingerprint density at radius 1 is 1.14 bits per heavy atom. The molecule has 2 aliphatic rings. The summed E-state index contributed by atoms with van der Waals surface area (Å²) in [5.74, 6) is -0.752. The summed E-state index contributed by atoms with van der Waals surface area (Å²) in [6.45, 7) is 8.12. The molecule has 1 aromatic carbocycles. The number of hydrogen-bond acceptors (Lipinski definition) is 3. The number of benzene rings is 1. The molecule has 112 valence electrons. The highest BCUT2D eigenvalue weighted by Gasteiger charge is 2.51. The van der Waals surface area contributed by atoms with Crippen molar-refractivity contribution in [2.45, 2.75) is 51.2 Å². The summed E-state index contributed by atoms with van der Waals surface area (Å²) in [6, 6.07) is 7.95. The number of carbonyl (C=O) groups is 1. The Morgan fingerprint density at radius 2 is 1.67 bits per heavy atom. The molecule has 0 amide bonds. The molecule has 1 aliphatic heterocycles. The average molecular weight is 288 g/mol. The Kier molecular flexibility index (Phi) is 3.19. The fourth-order valence-electron chi connectivity index (χ4n) is 2.72. The lowest BCUT2D eigenvalue weighted by molar-refractivity contribution is -0.138. The highest BCUT2D eigenvalue weighted by molar-refractivity contribution is 6.62. The fraction of sp³-hybridized carbons (Fsp3) is 0.562. The first kappa shape index (κ1) is 14.6. The minimum atomic E-state index is -0.699. The van der Waals surface area contributed by atoms with Crippen molar-refractivity contribution in [1.82, 2.24) is 0 Å². The number of hydrogen-bond donors (Lipinski definition) is 1. The van der Waals surface area contributed by atoms with E-state index in [2.05, 4.69) is 0 Å². The second kappa shape index (κ2) is 4.58. The van der Waals surface area contributed by atoms with Gasteiger partial charge >= 0.3 is 13.1 Å². The van der Waals surface area contributed by atoms with Gasteiger partial charge in [0.1, 0.15) is 0 Å². The first-order valence-corrected chi connectivity index (χ1v) is 7.39. The molecule has 0 unspecified atom stereocenters. The number of rotatable bonds is 3. The monoisotopic (exact) mass is 288 g/mol. The van der Waals surface area contributed by atoms with Gasteiger partial charge in [0.15, 0.2) is 0 Å². The first-order valence-electron chi connectivity index (χ1n) is 7.39. The van der Waals surface area contributed by atoms with Gasteiger partial charge in [-0.3, -0.25) is 4.79 Å². The van der Waals surface area contributed by atoms with Crippen LogP contribution in [-0.2, 0) is 14.1 Å². The van der Waals surface area contributed by atoms with Gasteiger partial charge in [-0.25, -0.2) is 0 Å². The molecule has 2 atom stereocenters. The molecule has 1 saturated carbocycles. The van der Waals surface area contributed by atoms with Crippen LogP contribution in [0.25, 0.3) is 0 Å². The Morgan fingerprint density at radius 3 is 2.10 bits per heavy atom. The maximum absolute atomic E-state index is 10.9. The van der Waals surface area contributed by atoms with Gasteiger partial charge in [0.2, 0.25) is 0 Å². The zero-order valence-electron chi connectivity index (χ0n) is 12.9. The zero-order chi connectivity index (χ0) is 15.4. The summed E-state index contributed by atoms with van der Waals surface area (Å²) in [5.41, 5.74) is 1.37. The van der Waals surface area contributed by atoms with E-state index in [0.717, 1.165) is 17.4 Å². The van der Waals surface area contributed by atoms with E-state index in [4.69, 9.17) is 14.4 Å². The van der Waals surface area contributed by atoms with Crippen LogP contribution in [0.4, 0.5) is 0 Å². The van der Waals surface area contributed by atoms with Crippen LogP contribution in [-0.4, -0.2) is 29.4 Å². The number of aliphatic carboxylic acids is 1. The quantitative estimate of drug-likeness (QED) is 0.866. The number of carboxylic acids is 1. The fourth-order valence-corrected chi connectivity index (χ4v) is 2.72. The topological polar surface area (TPSA) is 55.8 Å². The van der Waals surface area contributed by atoms with Gasteiger partial charge in [0, 0.05) is 0 Å². The molecule has 0 radical (unpaired) electrons. The molecular weight excluding hydrogens is 267 g/mol. The Bertz CT molecular complexity index is 548. The van der Waals surface area contributed by atoms with Crippen molar-refractivity contribution >= 4 is 18.6 Å². The molecule has 0 spiro atoms. The van der Waals surface area contributed by atoms with Crippen molar-refractivity contribution in [2.75, 3.05) is 0 Å². The molecule has 3 rings (SSSR count). The molecule has 4 nitrogen and oxygen atoms in total. The molecule has 1 N–H and O–H groups in total. The molecule has 1 aliphatic carbocycles. The summed E-state index contributed by atoms with van der Waals surface area (Å²) < 4.78 is 12.0. The molecule has 0 aromatic heterocycles. The van der Waals surface area contributed by atoms with E-state index in [-0.39, 0.29) is 30.2 Å². The molecule has 5 heteroatoms. The lowest BCUT2D eigenvalue weighted by Crippen LogP contribution is -2.41. The molecule has 1 aromatic rings. The third kappa shape index (κ3) is 2.49. The minimum absolute atomic E-state index is 0.162. The summed E-state index contributed by atoms with van der Waals surface area (Å²) in [4.78, 5) is 10.9. The standard InChI is InChI=1S/C16H21BO4/c1-15(2)16(3,4)21-17(20-15)11-7-5-10(6-8-11)12-9-13(12)14(18)19/h5-8,12-13H,9H2,1-4H3,(H,18,19)/t12-,13+/m1/s1. The van der Waals surface area contributed by atoms with Gasteiger partial charge < -0.3 is 14.4 Å².